The predicted octanol–water partition coefficient (Wildman–Crippen LogP) is -0.260. The fraction of sp³-hybridized carbons (Fsp3) is 0.583. The van der Waals surface area contributed by atoms with E-state index < -0.39 is 10.0 Å². The minimum Gasteiger partial charge on any atom is -0.323 e. The zero-order valence-corrected chi connectivity index (χ0v) is 11.9. The van der Waals surface area contributed by atoms with Gasteiger partial charge in [-0.15, -0.1) is 0 Å². The number of hydrogen-bond donors (Lipinski definition) is 3. The second-order valence-electron chi connectivity index (χ2n) is 5.38. The molecule has 3 saturated heterocycles. The summed E-state index contributed by atoms with van der Waals surface area (Å²) >= 11 is 0. The first-order valence-corrected chi connectivity index (χ1v) is 8.24. The van der Waals surface area contributed by atoms with Crippen molar-refractivity contribution >= 4 is 15.7 Å². The molecular weight excluding hydrogens is 278 g/mol. The van der Waals surface area contributed by atoms with Gasteiger partial charge in [-0.05, 0) is 37.9 Å². The molecule has 7 nitrogen and oxygen atoms in total. The SMILES string of the molecule is NNc1ccncc1S(=O)(=O)NC1CN2CCC1CC2. The lowest BCUT2D eigenvalue weighted by molar-refractivity contribution is 0.0827. The Labute approximate surface area is 118 Å². The Hall–Kier alpha value is -1.22. The number of nitrogens with two attached hydrogens (primary N) is 1. The number of piperidine rings is 3. The van der Waals surface area contributed by atoms with Gasteiger partial charge in [-0.2, -0.15) is 0 Å². The first kappa shape index (κ1) is 13.7. The smallest absolute Gasteiger partial charge is 0.244 e. The van der Waals surface area contributed by atoms with Gasteiger partial charge in [-0.1, -0.05) is 0 Å². The van der Waals surface area contributed by atoms with Crippen LogP contribution < -0.4 is 16.0 Å². The molecule has 8 heteroatoms. The zero-order chi connectivity index (χ0) is 14.2. The molecule has 0 saturated carbocycles. The van der Waals surface area contributed by atoms with Crippen molar-refractivity contribution in [2.75, 3.05) is 25.1 Å². The monoisotopic (exact) mass is 297 g/mol. The van der Waals surface area contributed by atoms with Crippen molar-refractivity contribution in [2.24, 2.45) is 11.8 Å². The first-order chi connectivity index (χ1) is 9.60. The highest BCUT2D eigenvalue weighted by atomic mass is 32.2. The number of nitrogen functional groups attached to an aromatic ring is 1. The van der Waals surface area contributed by atoms with E-state index in [-0.39, 0.29) is 10.9 Å². The summed E-state index contributed by atoms with van der Waals surface area (Å²) in [6.07, 6.45) is 4.94. The van der Waals surface area contributed by atoms with Crippen molar-refractivity contribution in [2.45, 2.75) is 23.8 Å². The Morgan fingerprint density at radius 2 is 2.10 bits per heavy atom. The van der Waals surface area contributed by atoms with Gasteiger partial charge in [0.2, 0.25) is 10.0 Å². The summed E-state index contributed by atoms with van der Waals surface area (Å²) in [4.78, 5) is 6.28. The van der Waals surface area contributed by atoms with Gasteiger partial charge in [0, 0.05) is 25.0 Å². The molecule has 4 rings (SSSR count). The van der Waals surface area contributed by atoms with Crippen LogP contribution in [-0.2, 0) is 10.0 Å². The maximum atomic E-state index is 12.5. The van der Waals surface area contributed by atoms with Crippen molar-refractivity contribution in [3.63, 3.8) is 0 Å². The van der Waals surface area contributed by atoms with Gasteiger partial charge >= 0.3 is 0 Å². The van der Waals surface area contributed by atoms with Gasteiger partial charge in [0.25, 0.3) is 0 Å². The minimum atomic E-state index is -3.61. The second-order valence-corrected chi connectivity index (χ2v) is 7.06. The fourth-order valence-electron chi connectivity index (χ4n) is 3.07. The van der Waals surface area contributed by atoms with E-state index in [9.17, 15) is 8.42 Å². The molecule has 1 unspecified atom stereocenters. The summed E-state index contributed by atoms with van der Waals surface area (Å²) in [6.45, 7) is 2.94. The van der Waals surface area contributed by atoms with Crippen LogP contribution in [-0.4, -0.2) is 44.0 Å². The molecule has 4 N–H and O–H groups in total. The standard InChI is InChI=1S/C12H19N5O2S/c13-15-10-1-4-14-7-12(10)20(18,19)16-11-8-17-5-2-9(11)3-6-17/h1,4,7,9,11,16H,2-3,5-6,8,13H2,(H,14,15). The lowest BCUT2D eigenvalue weighted by atomic mass is 9.85. The maximum absolute atomic E-state index is 12.5. The summed E-state index contributed by atoms with van der Waals surface area (Å²) in [6, 6.07) is 1.53. The highest BCUT2D eigenvalue weighted by Crippen LogP contribution is 2.29. The van der Waals surface area contributed by atoms with Crippen LogP contribution in [0.2, 0.25) is 0 Å². The van der Waals surface area contributed by atoms with Crippen molar-refractivity contribution < 1.29 is 8.42 Å². The number of nitrogens with one attached hydrogen (secondary N) is 2. The fourth-order valence-corrected chi connectivity index (χ4v) is 4.48. The normalized spacial score (nSPS) is 29.4. The average molecular weight is 297 g/mol. The molecule has 0 amide bonds. The molecule has 1 atom stereocenters. The molecule has 3 aliphatic rings. The molecule has 3 fully saturated rings. The number of anilines is 1. The van der Waals surface area contributed by atoms with Crippen LogP contribution in [0.4, 0.5) is 5.69 Å². The molecule has 1 aromatic heterocycles. The van der Waals surface area contributed by atoms with Crippen LogP contribution in [0.3, 0.4) is 0 Å². The Bertz CT molecular complexity index is 583. The number of fused-ring (bicyclic) bond motifs is 3. The summed E-state index contributed by atoms with van der Waals surface area (Å²) < 4.78 is 27.8. The number of sulfonamides is 1. The van der Waals surface area contributed by atoms with Crippen LogP contribution in [0, 0.1) is 5.92 Å². The lowest BCUT2D eigenvalue weighted by Gasteiger charge is -2.44. The third kappa shape index (κ3) is 2.51. The van der Waals surface area contributed by atoms with E-state index in [2.05, 4.69) is 20.0 Å². The number of nitrogens with zero attached hydrogens (tertiary/aromatic N) is 2. The van der Waals surface area contributed by atoms with Gasteiger partial charge < -0.3 is 10.3 Å². The Morgan fingerprint density at radius 1 is 1.35 bits per heavy atom. The maximum Gasteiger partial charge on any atom is 0.244 e. The van der Waals surface area contributed by atoms with E-state index >= 15 is 0 Å². The van der Waals surface area contributed by atoms with Crippen LogP contribution >= 0.6 is 0 Å². The molecule has 20 heavy (non-hydrogen) atoms. The molecule has 0 aliphatic carbocycles. The molecule has 4 heterocycles. The third-order valence-electron chi connectivity index (χ3n) is 4.19. The lowest BCUT2D eigenvalue weighted by Crippen LogP contribution is -2.57. The average Bonchev–Trinajstić information content (AvgIpc) is 2.48. The number of hydrogen-bond acceptors (Lipinski definition) is 6. The second kappa shape index (κ2) is 5.28. The Morgan fingerprint density at radius 3 is 2.70 bits per heavy atom. The van der Waals surface area contributed by atoms with Gasteiger partial charge in [-0.25, -0.2) is 13.1 Å². The molecule has 0 radical (unpaired) electrons. The highest BCUT2D eigenvalue weighted by molar-refractivity contribution is 7.89. The van der Waals surface area contributed by atoms with Crippen molar-refractivity contribution in [1.29, 1.82) is 0 Å². The van der Waals surface area contributed by atoms with E-state index in [4.69, 9.17) is 5.84 Å². The van der Waals surface area contributed by atoms with Crippen LogP contribution in [0.1, 0.15) is 12.8 Å². The summed E-state index contributed by atoms with van der Waals surface area (Å²) in [5, 5.41) is 0. The van der Waals surface area contributed by atoms with Gasteiger partial charge in [0.1, 0.15) is 4.90 Å². The summed E-state index contributed by atoms with van der Waals surface area (Å²) in [5.74, 6) is 5.79. The van der Waals surface area contributed by atoms with Gasteiger partial charge in [-0.3, -0.25) is 10.8 Å². The number of rotatable bonds is 4. The van der Waals surface area contributed by atoms with Crippen LogP contribution in [0.5, 0.6) is 0 Å². The molecule has 1 aromatic rings. The van der Waals surface area contributed by atoms with Crippen LogP contribution in [0.15, 0.2) is 23.4 Å². The van der Waals surface area contributed by atoms with Crippen LogP contribution in [0.25, 0.3) is 0 Å². The van der Waals surface area contributed by atoms with E-state index in [1.165, 1.54) is 12.4 Å². The van der Waals surface area contributed by atoms with Crippen molar-refractivity contribution in [3.8, 4) is 0 Å². The quantitative estimate of drug-likeness (QED) is 0.523. The number of hydrazine groups is 1. The third-order valence-corrected chi connectivity index (χ3v) is 5.71. The number of pyridine rings is 1. The molecule has 110 valence electrons. The number of aromatic nitrogens is 1. The van der Waals surface area contributed by atoms with E-state index in [0.717, 1.165) is 32.5 Å². The minimum absolute atomic E-state index is 0.0201. The predicted molar refractivity (Wildman–Crippen MR) is 75.3 cm³/mol. The highest BCUT2D eigenvalue weighted by Gasteiger charge is 2.36. The van der Waals surface area contributed by atoms with Gasteiger partial charge in [0.15, 0.2) is 0 Å². The topological polar surface area (TPSA) is 100 Å². The molecular formula is C12H19N5O2S. The summed E-state index contributed by atoms with van der Waals surface area (Å²) in [5.41, 5.74) is 2.76. The first-order valence-electron chi connectivity index (χ1n) is 6.75. The Kier molecular flexibility index (Phi) is 3.63. The molecule has 0 spiro atoms. The molecule has 2 bridgehead atoms. The Balaban J connectivity index is 1.82. The molecule has 0 aromatic carbocycles. The largest absolute Gasteiger partial charge is 0.323 e. The van der Waals surface area contributed by atoms with E-state index in [1.54, 1.807) is 6.07 Å². The summed E-state index contributed by atoms with van der Waals surface area (Å²) in [7, 11) is -3.61. The van der Waals surface area contributed by atoms with Gasteiger partial charge in [0.05, 0.1) is 5.69 Å². The van der Waals surface area contributed by atoms with E-state index in [0.29, 0.717) is 11.6 Å². The van der Waals surface area contributed by atoms with E-state index in [1.807, 2.05) is 0 Å². The van der Waals surface area contributed by atoms with Crippen molar-refractivity contribution in [3.05, 3.63) is 18.5 Å². The van der Waals surface area contributed by atoms with Crippen molar-refractivity contribution in [1.82, 2.24) is 14.6 Å². The zero-order valence-electron chi connectivity index (χ0n) is 11.1. The molecule has 3 aliphatic heterocycles.